The summed E-state index contributed by atoms with van der Waals surface area (Å²) in [5, 5.41) is 9.84. The van der Waals surface area contributed by atoms with E-state index in [9.17, 15) is 4.39 Å². The Morgan fingerprint density at radius 1 is 1.25 bits per heavy atom. The van der Waals surface area contributed by atoms with Crippen LogP contribution in [0.25, 0.3) is 0 Å². The van der Waals surface area contributed by atoms with E-state index in [1.165, 1.54) is 12.1 Å². The molecule has 0 spiro atoms. The molecule has 1 N–H and O–H groups in total. The van der Waals surface area contributed by atoms with Gasteiger partial charge in [-0.05, 0) is 48.4 Å². The highest BCUT2D eigenvalue weighted by Gasteiger charge is 2.14. The van der Waals surface area contributed by atoms with Gasteiger partial charge in [0.05, 0.1) is 12.6 Å². The first-order valence-corrected chi connectivity index (χ1v) is 6.77. The van der Waals surface area contributed by atoms with Crippen LogP contribution in [0.2, 0.25) is 5.02 Å². The molecule has 0 fully saturated rings. The summed E-state index contributed by atoms with van der Waals surface area (Å²) in [6.45, 7) is 1.85. The Hall–Kier alpha value is -1.58. The number of aliphatic hydroxyl groups excluding tert-OH is 1. The van der Waals surface area contributed by atoms with Gasteiger partial charge in [0.15, 0.2) is 0 Å². The monoisotopic (exact) mass is 293 g/mol. The second-order valence-electron chi connectivity index (χ2n) is 4.82. The van der Waals surface area contributed by atoms with Crippen molar-refractivity contribution in [1.29, 1.82) is 0 Å². The van der Waals surface area contributed by atoms with Crippen LogP contribution in [0, 0.1) is 5.82 Å². The van der Waals surface area contributed by atoms with Gasteiger partial charge in [0.1, 0.15) is 5.82 Å². The third-order valence-electron chi connectivity index (χ3n) is 3.44. The minimum absolute atomic E-state index is 0.0436. The van der Waals surface area contributed by atoms with Crippen molar-refractivity contribution in [3.05, 3.63) is 64.4 Å². The molecule has 0 saturated heterocycles. The molecule has 20 heavy (non-hydrogen) atoms. The van der Waals surface area contributed by atoms with Gasteiger partial charge in [0, 0.05) is 17.8 Å². The van der Waals surface area contributed by atoms with Crippen LogP contribution < -0.4 is 4.90 Å². The minimum Gasteiger partial charge on any atom is -0.392 e. The van der Waals surface area contributed by atoms with Crippen molar-refractivity contribution in [1.82, 2.24) is 0 Å². The predicted octanol–water partition coefficient (Wildman–Crippen LogP) is 4.17. The standard InChI is InChI=1S/C16H17ClFNO/c1-11(13-4-3-5-14(17)8-13)19(2)16-7-12(10-20)6-15(18)9-16/h3-9,11,20H,10H2,1-2H3. The van der Waals surface area contributed by atoms with Crippen LogP contribution in [0.15, 0.2) is 42.5 Å². The Kier molecular flexibility index (Phi) is 4.63. The summed E-state index contributed by atoms with van der Waals surface area (Å²) in [7, 11) is 1.89. The molecule has 0 aromatic heterocycles. The van der Waals surface area contributed by atoms with Crippen molar-refractivity contribution in [3.8, 4) is 0 Å². The van der Waals surface area contributed by atoms with Gasteiger partial charge in [0.2, 0.25) is 0 Å². The van der Waals surface area contributed by atoms with Crippen LogP contribution in [-0.2, 0) is 6.61 Å². The van der Waals surface area contributed by atoms with Crippen LogP contribution in [0.3, 0.4) is 0 Å². The normalized spacial score (nSPS) is 12.2. The van der Waals surface area contributed by atoms with Crippen LogP contribution in [-0.4, -0.2) is 12.2 Å². The maximum Gasteiger partial charge on any atom is 0.125 e. The molecule has 0 bridgehead atoms. The number of halogens is 2. The number of nitrogens with zero attached hydrogens (tertiary/aromatic N) is 1. The van der Waals surface area contributed by atoms with Crippen molar-refractivity contribution in [2.75, 3.05) is 11.9 Å². The van der Waals surface area contributed by atoms with E-state index >= 15 is 0 Å². The molecule has 0 heterocycles. The zero-order valence-electron chi connectivity index (χ0n) is 11.5. The molecule has 2 rings (SSSR count). The highest BCUT2D eigenvalue weighted by atomic mass is 35.5. The molecule has 0 aliphatic carbocycles. The number of hydrogen-bond donors (Lipinski definition) is 1. The van der Waals surface area contributed by atoms with Gasteiger partial charge >= 0.3 is 0 Å². The third-order valence-corrected chi connectivity index (χ3v) is 3.68. The summed E-state index contributed by atoms with van der Waals surface area (Å²) in [5.74, 6) is -0.350. The highest BCUT2D eigenvalue weighted by molar-refractivity contribution is 6.30. The number of anilines is 1. The van der Waals surface area contributed by atoms with Crippen LogP contribution in [0.5, 0.6) is 0 Å². The Bertz CT molecular complexity index is 603. The molecule has 4 heteroatoms. The van der Waals surface area contributed by atoms with Crippen LogP contribution >= 0.6 is 11.6 Å². The first kappa shape index (κ1) is 14.8. The van der Waals surface area contributed by atoms with Crippen LogP contribution in [0.4, 0.5) is 10.1 Å². The fourth-order valence-corrected chi connectivity index (χ4v) is 2.34. The summed E-state index contributed by atoms with van der Waals surface area (Å²) in [6.07, 6.45) is 0. The van der Waals surface area contributed by atoms with E-state index in [0.717, 1.165) is 11.3 Å². The van der Waals surface area contributed by atoms with E-state index in [4.69, 9.17) is 16.7 Å². The van der Waals surface area contributed by atoms with Gasteiger partial charge in [-0.3, -0.25) is 0 Å². The second kappa shape index (κ2) is 6.25. The quantitative estimate of drug-likeness (QED) is 0.914. The molecule has 2 aromatic rings. The molecule has 0 aliphatic heterocycles. The third kappa shape index (κ3) is 3.30. The summed E-state index contributed by atoms with van der Waals surface area (Å²) in [4.78, 5) is 1.95. The lowest BCUT2D eigenvalue weighted by atomic mass is 10.1. The molecule has 0 radical (unpaired) electrons. The van der Waals surface area contributed by atoms with Crippen molar-refractivity contribution in [2.24, 2.45) is 0 Å². The fraction of sp³-hybridized carbons (Fsp3) is 0.250. The lowest BCUT2D eigenvalue weighted by Crippen LogP contribution is -2.21. The molecule has 2 nitrogen and oxygen atoms in total. The van der Waals surface area contributed by atoms with E-state index in [-0.39, 0.29) is 18.5 Å². The summed E-state index contributed by atoms with van der Waals surface area (Å²) < 4.78 is 13.5. The average molecular weight is 294 g/mol. The highest BCUT2D eigenvalue weighted by Crippen LogP contribution is 2.28. The lowest BCUT2D eigenvalue weighted by molar-refractivity contribution is 0.281. The molecular weight excluding hydrogens is 277 g/mol. The van der Waals surface area contributed by atoms with Gasteiger partial charge in [-0.1, -0.05) is 23.7 Å². The van der Waals surface area contributed by atoms with E-state index in [1.54, 1.807) is 6.07 Å². The van der Waals surface area contributed by atoms with E-state index in [0.29, 0.717) is 10.6 Å². The van der Waals surface area contributed by atoms with Crippen molar-refractivity contribution in [3.63, 3.8) is 0 Å². The average Bonchev–Trinajstić information content (AvgIpc) is 2.45. The van der Waals surface area contributed by atoms with Crippen molar-refractivity contribution in [2.45, 2.75) is 19.6 Å². The number of hydrogen-bond acceptors (Lipinski definition) is 2. The SMILES string of the molecule is CC(c1cccc(Cl)c1)N(C)c1cc(F)cc(CO)c1. The fourth-order valence-electron chi connectivity index (χ4n) is 2.14. The molecule has 0 aliphatic rings. The summed E-state index contributed by atoms with van der Waals surface area (Å²) >= 11 is 6.00. The molecule has 0 amide bonds. The molecule has 0 saturated carbocycles. The topological polar surface area (TPSA) is 23.5 Å². The lowest BCUT2D eigenvalue weighted by Gasteiger charge is -2.28. The first-order chi connectivity index (χ1) is 9.51. The van der Waals surface area contributed by atoms with E-state index in [2.05, 4.69) is 0 Å². The molecule has 2 aromatic carbocycles. The largest absolute Gasteiger partial charge is 0.392 e. The number of aliphatic hydroxyl groups is 1. The zero-order valence-corrected chi connectivity index (χ0v) is 12.2. The van der Waals surface area contributed by atoms with Crippen molar-refractivity contribution < 1.29 is 9.50 Å². The zero-order chi connectivity index (χ0) is 14.7. The van der Waals surface area contributed by atoms with Gasteiger partial charge in [0.25, 0.3) is 0 Å². The predicted molar refractivity (Wildman–Crippen MR) is 80.6 cm³/mol. The molecule has 1 atom stereocenters. The van der Waals surface area contributed by atoms with Crippen molar-refractivity contribution >= 4 is 17.3 Å². The number of benzene rings is 2. The van der Waals surface area contributed by atoms with Crippen LogP contribution in [0.1, 0.15) is 24.1 Å². The van der Waals surface area contributed by atoms with E-state index < -0.39 is 0 Å². The minimum atomic E-state index is -0.350. The Morgan fingerprint density at radius 2 is 2.00 bits per heavy atom. The maximum atomic E-state index is 13.5. The molecule has 106 valence electrons. The maximum absolute atomic E-state index is 13.5. The number of rotatable bonds is 4. The smallest absolute Gasteiger partial charge is 0.125 e. The Balaban J connectivity index is 2.30. The second-order valence-corrected chi connectivity index (χ2v) is 5.25. The first-order valence-electron chi connectivity index (χ1n) is 6.40. The van der Waals surface area contributed by atoms with E-state index in [1.807, 2.05) is 43.1 Å². The molecular formula is C16H17ClFNO. The molecule has 1 unspecified atom stereocenters. The summed E-state index contributed by atoms with van der Waals surface area (Å²) in [5.41, 5.74) is 2.33. The van der Waals surface area contributed by atoms with Gasteiger partial charge in [-0.15, -0.1) is 0 Å². The van der Waals surface area contributed by atoms with Gasteiger partial charge < -0.3 is 10.0 Å². The Labute approximate surface area is 123 Å². The van der Waals surface area contributed by atoms with Gasteiger partial charge in [-0.2, -0.15) is 0 Å². The van der Waals surface area contributed by atoms with Gasteiger partial charge in [-0.25, -0.2) is 4.39 Å². The Morgan fingerprint density at radius 3 is 2.65 bits per heavy atom. The summed E-state index contributed by atoms with van der Waals surface area (Å²) in [6, 6.07) is 12.2.